The van der Waals surface area contributed by atoms with Crippen molar-refractivity contribution < 1.29 is 9.59 Å². The molecule has 2 amide bonds. The molecule has 1 saturated carbocycles. The zero-order valence-electron chi connectivity index (χ0n) is 16.4. The lowest BCUT2D eigenvalue weighted by Crippen LogP contribution is -2.41. The molecule has 1 fully saturated rings. The van der Waals surface area contributed by atoms with Crippen molar-refractivity contribution in [2.24, 2.45) is 0 Å². The van der Waals surface area contributed by atoms with Crippen molar-refractivity contribution in [3.8, 4) is 5.82 Å². The summed E-state index contributed by atoms with van der Waals surface area (Å²) < 4.78 is 2.50. The lowest BCUT2D eigenvalue weighted by Gasteiger charge is -2.10. The van der Waals surface area contributed by atoms with Crippen molar-refractivity contribution >= 4 is 50.1 Å². The third-order valence-corrected chi connectivity index (χ3v) is 6.65. The normalized spacial score (nSPS) is 13.4. The van der Waals surface area contributed by atoms with Crippen LogP contribution in [0.2, 0.25) is 0 Å². The molecule has 8 nitrogen and oxygen atoms in total. The van der Waals surface area contributed by atoms with E-state index in [1.807, 2.05) is 25.1 Å². The van der Waals surface area contributed by atoms with Gasteiger partial charge in [0.05, 0.1) is 25.3 Å². The van der Waals surface area contributed by atoms with Gasteiger partial charge in [-0.2, -0.15) is 9.78 Å². The molecular formula is C21H17BrN6O2S. The van der Waals surface area contributed by atoms with Gasteiger partial charge in [-0.05, 0) is 66.0 Å². The minimum atomic E-state index is -0.415. The van der Waals surface area contributed by atoms with Crippen LogP contribution >= 0.6 is 27.3 Å². The SMILES string of the molecule is Cc1nn(-c2ccccn2)c2nc(C3CC3)cc(C(=O)NNC(=O)c3ccc(Br)s3)c12. The summed E-state index contributed by atoms with van der Waals surface area (Å²) >= 11 is 4.62. The van der Waals surface area contributed by atoms with Gasteiger partial charge in [0.15, 0.2) is 11.5 Å². The number of hydrogen-bond acceptors (Lipinski definition) is 6. The first-order valence-electron chi connectivity index (χ1n) is 9.69. The molecule has 10 heteroatoms. The molecule has 4 heterocycles. The zero-order chi connectivity index (χ0) is 21.5. The fourth-order valence-corrected chi connectivity index (χ4v) is 4.67. The molecule has 0 unspecified atom stereocenters. The number of nitrogens with zero attached hydrogens (tertiary/aromatic N) is 4. The molecule has 0 aromatic carbocycles. The quantitative estimate of drug-likeness (QED) is 0.417. The fourth-order valence-electron chi connectivity index (χ4n) is 3.39. The molecule has 0 atom stereocenters. The number of rotatable bonds is 4. The van der Waals surface area contributed by atoms with Crippen LogP contribution < -0.4 is 10.9 Å². The van der Waals surface area contributed by atoms with Gasteiger partial charge in [-0.1, -0.05) is 6.07 Å². The zero-order valence-corrected chi connectivity index (χ0v) is 18.8. The highest BCUT2D eigenvalue weighted by atomic mass is 79.9. The van der Waals surface area contributed by atoms with Gasteiger partial charge in [0.1, 0.15) is 0 Å². The first kappa shape index (κ1) is 19.8. The van der Waals surface area contributed by atoms with Gasteiger partial charge >= 0.3 is 0 Å². The van der Waals surface area contributed by atoms with E-state index < -0.39 is 5.91 Å². The first-order valence-corrected chi connectivity index (χ1v) is 11.3. The van der Waals surface area contributed by atoms with Crippen molar-refractivity contribution in [3.63, 3.8) is 0 Å². The number of pyridine rings is 2. The van der Waals surface area contributed by atoms with E-state index >= 15 is 0 Å². The van der Waals surface area contributed by atoms with Crippen LogP contribution in [-0.2, 0) is 0 Å². The molecule has 2 N–H and O–H groups in total. The Bertz CT molecular complexity index is 1310. The smallest absolute Gasteiger partial charge is 0.267 e. The molecule has 1 aliphatic rings. The molecule has 31 heavy (non-hydrogen) atoms. The Morgan fingerprint density at radius 3 is 2.65 bits per heavy atom. The second-order valence-corrected chi connectivity index (χ2v) is 9.73. The number of amides is 2. The van der Waals surface area contributed by atoms with Crippen molar-refractivity contribution in [1.82, 2.24) is 30.6 Å². The summed E-state index contributed by atoms with van der Waals surface area (Å²) in [6, 6.07) is 10.8. The highest BCUT2D eigenvalue weighted by molar-refractivity contribution is 9.11. The Balaban J connectivity index is 1.52. The van der Waals surface area contributed by atoms with E-state index in [-0.39, 0.29) is 5.91 Å². The molecule has 0 aliphatic heterocycles. The highest BCUT2D eigenvalue weighted by Gasteiger charge is 2.29. The largest absolute Gasteiger partial charge is 0.279 e. The number of nitrogens with one attached hydrogen (secondary N) is 2. The fraction of sp³-hybridized carbons (Fsp3) is 0.190. The number of halogens is 1. The maximum Gasteiger partial charge on any atom is 0.279 e. The molecule has 5 rings (SSSR count). The van der Waals surface area contributed by atoms with Gasteiger partial charge in [-0.25, -0.2) is 9.97 Å². The Morgan fingerprint density at radius 2 is 1.97 bits per heavy atom. The summed E-state index contributed by atoms with van der Waals surface area (Å²) in [4.78, 5) is 35.1. The summed E-state index contributed by atoms with van der Waals surface area (Å²) in [7, 11) is 0. The number of thiophene rings is 1. The van der Waals surface area contributed by atoms with E-state index in [4.69, 9.17) is 4.98 Å². The van der Waals surface area contributed by atoms with Gasteiger partial charge in [-0.15, -0.1) is 11.3 Å². The van der Waals surface area contributed by atoms with E-state index in [1.165, 1.54) is 11.3 Å². The first-order chi connectivity index (χ1) is 15.0. The van der Waals surface area contributed by atoms with Crippen LogP contribution in [0.3, 0.4) is 0 Å². The molecule has 0 bridgehead atoms. The third kappa shape index (κ3) is 3.84. The molecule has 4 aromatic heterocycles. The summed E-state index contributed by atoms with van der Waals surface area (Å²) in [5, 5.41) is 5.23. The van der Waals surface area contributed by atoms with E-state index in [0.29, 0.717) is 38.9 Å². The minimum absolute atomic E-state index is 0.335. The van der Waals surface area contributed by atoms with E-state index in [9.17, 15) is 9.59 Å². The van der Waals surface area contributed by atoms with Crippen molar-refractivity contribution in [2.45, 2.75) is 25.7 Å². The van der Waals surface area contributed by atoms with Crippen LogP contribution in [0.1, 0.15) is 50.2 Å². The predicted molar refractivity (Wildman–Crippen MR) is 120 cm³/mol. The van der Waals surface area contributed by atoms with Gasteiger partial charge in [0.25, 0.3) is 11.8 Å². The topological polar surface area (TPSA) is 102 Å². The third-order valence-electron chi connectivity index (χ3n) is 5.03. The van der Waals surface area contributed by atoms with Crippen molar-refractivity contribution in [1.29, 1.82) is 0 Å². The molecule has 0 spiro atoms. The Morgan fingerprint density at radius 1 is 1.16 bits per heavy atom. The van der Waals surface area contributed by atoms with Gasteiger partial charge in [0.2, 0.25) is 0 Å². The molecule has 1 aliphatic carbocycles. The molecular weight excluding hydrogens is 480 g/mol. The number of aryl methyl sites for hydroxylation is 1. The predicted octanol–water partition coefficient (Wildman–Crippen LogP) is 3.90. The molecule has 0 saturated heterocycles. The van der Waals surface area contributed by atoms with E-state index in [2.05, 4.69) is 36.9 Å². The lowest BCUT2D eigenvalue weighted by molar-refractivity contribution is 0.0849. The van der Waals surface area contributed by atoms with Crippen LogP contribution in [0, 0.1) is 6.92 Å². The lowest BCUT2D eigenvalue weighted by atomic mass is 10.1. The van der Waals surface area contributed by atoms with Gasteiger partial charge in [0, 0.05) is 17.8 Å². The van der Waals surface area contributed by atoms with E-state index in [1.54, 1.807) is 29.1 Å². The van der Waals surface area contributed by atoms with Gasteiger partial charge < -0.3 is 0 Å². The molecule has 4 aromatic rings. The number of hydrogen-bond donors (Lipinski definition) is 2. The number of hydrazine groups is 1. The van der Waals surface area contributed by atoms with E-state index in [0.717, 1.165) is 22.3 Å². The summed E-state index contributed by atoms with van der Waals surface area (Å²) in [6.45, 7) is 1.83. The minimum Gasteiger partial charge on any atom is -0.267 e. The number of fused-ring (bicyclic) bond motifs is 1. The number of carbonyl (C=O) groups is 2. The van der Waals surface area contributed by atoms with Crippen LogP contribution in [0.15, 0.2) is 46.4 Å². The van der Waals surface area contributed by atoms with Crippen LogP contribution in [0.25, 0.3) is 16.9 Å². The van der Waals surface area contributed by atoms with Crippen molar-refractivity contribution in [3.05, 3.63) is 68.2 Å². The standard InChI is InChI=1S/C21H17BrN6O2S/c1-11-18-13(20(29)25-26-21(30)15-7-8-16(22)31-15)10-14(12-5-6-12)24-19(18)28(27-11)17-4-2-3-9-23-17/h2-4,7-10,12H,5-6H2,1H3,(H,25,29)(H,26,30). The Hall–Kier alpha value is -3.11. The average Bonchev–Trinajstić information content (AvgIpc) is 3.46. The number of aromatic nitrogens is 4. The monoisotopic (exact) mass is 496 g/mol. The van der Waals surface area contributed by atoms with Crippen LogP contribution in [0.4, 0.5) is 0 Å². The molecule has 156 valence electrons. The van der Waals surface area contributed by atoms with Gasteiger partial charge in [-0.3, -0.25) is 20.4 Å². The van der Waals surface area contributed by atoms with Crippen molar-refractivity contribution in [2.75, 3.05) is 0 Å². The maximum atomic E-state index is 13.1. The second-order valence-electron chi connectivity index (χ2n) is 7.26. The highest BCUT2D eigenvalue weighted by Crippen LogP contribution is 2.40. The Labute approximate surface area is 189 Å². The maximum absolute atomic E-state index is 13.1. The Kier molecular flexibility index (Phi) is 5.03. The number of carbonyl (C=O) groups excluding carboxylic acids is 2. The summed E-state index contributed by atoms with van der Waals surface area (Å²) in [5.74, 6) is 0.171. The van der Waals surface area contributed by atoms with Crippen LogP contribution in [-0.4, -0.2) is 31.6 Å². The molecule has 0 radical (unpaired) electrons. The second kappa shape index (κ2) is 7.86. The average molecular weight is 497 g/mol. The summed E-state index contributed by atoms with van der Waals surface area (Å²) in [6.07, 6.45) is 3.77. The van der Waals surface area contributed by atoms with Crippen LogP contribution in [0.5, 0.6) is 0 Å². The summed E-state index contributed by atoms with van der Waals surface area (Å²) in [5.41, 5.74) is 7.55.